The van der Waals surface area contributed by atoms with Crippen LogP contribution in [0.1, 0.15) is 11.1 Å². The van der Waals surface area contributed by atoms with E-state index in [-0.39, 0.29) is 0 Å². The molecule has 1 aliphatic rings. The highest BCUT2D eigenvalue weighted by Crippen LogP contribution is 2.41. The molecule has 0 unspecified atom stereocenters. The zero-order valence-electron chi connectivity index (χ0n) is 16.0. The van der Waals surface area contributed by atoms with Gasteiger partial charge in [0.05, 0.1) is 0 Å². The summed E-state index contributed by atoms with van der Waals surface area (Å²) in [6.45, 7) is 0. The summed E-state index contributed by atoms with van der Waals surface area (Å²) in [4.78, 5) is 0. The van der Waals surface area contributed by atoms with Gasteiger partial charge < -0.3 is 9.78 Å². The first-order valence-electron chi connectivity index (χ1n) is 9.62. The van der Waals surface area contributed by atoms with Crippen LogP contribution in [0.25, 0.3) is 22.3 Å². The van der Waals surface area contributed by atoms with Crippen molar-refractivity contribution in [1.82, 2.24) is 0 Å². The quantitative estimate of drug-likeness (QED) is 0.365. The van der Waals surface area contributed by atoms with Crippen LogP contribution in [0.2, 0.25) is 0 Å². The van der Waals surface area contributed by atoms with Gasteiger partial charge in [0, 0.05) is 0 Å². The zero-order valence-corrected chi connectivity index (χ0v) is 16.0. The van der Waals surface area contributed by atoms with E-state index in [2.05, 4.69) is 77.6 Å². The Balaban J connectivity index is 0.000000174. The molecule has 0 saturated heterocycles. The molecule has 0 spiro atoms. The number of fused-ring (bicyclic) bond motifs is 3. The first kappa shape index (κ1) is 19.2. The van der Waals surface area contributed by atoms with Crippen molar-refractivity contribution in [2.45, 2.75) is 6.42 Å². The van der Waals surface area contributed by atoms with E-state index >= 15 is 0 Å². The summed E-state index contributed by atoms with van der Waals surface area (Å²) in [5, 5.41) is 8.98. The third-order valence-corrected chi connectivity index (χ3v) is 5.15. The second-order valence-corrected chi connectivity index (χ2v) is 6.93. The minimum atomic E-state index is -1.01. The Morgan fingerprint density at radius 3 is 1.97 bits per heavy atom. The van der Waals surface area contributed by atoms with E-state index in [9.17, 15) is 0 Å². The Labute approximate surface area is 171 Å². The van der Waals surface area contributed by atoms with Crippen LogP contribution >= 0.6 is 0 Å². The van der Waals surface area contributed by atoms with Crippen LogP contribution < -0.4 is 11.4 Å². The highest BCUT2D eigenvalue weighted by molar-refractivity contribution is 6.59. The SMILES string of the molecule is NOB(O)c1ccccc1.c1ccc(-c2cccc3c2Cc2ccccc2-3)cc1. The molecule has 29 heavy (non-hydrogen) atoms. The molecule has 5 rings (SSSR count). The van der Waals surface area contributed by atoms with Crippen molar-refractivity contribution in [1.29, 1.82) is 0 Å². The molecule has 4 aromatic carbocycles. The van der Waals surface area contributed by atoms with E-state index in [1.165, 1.54) is 33.4 Å². The molecule has 0 amide bonds. The van der Waals surface area contributed by atoms with Gasteiger partial charge in [-0.15, -0.1) is 0 Å². The second-order valence-electron chi connectivity index (χ2n) is 6.93. The molecule has 0 bridgehead atoms. The minimum absolute atomic E-state index is 0.657. The maximum atomic E-state index is 8.98. The van der Waals surface area contributed by atoms with E-state index in [0.29, 0.717) is 5.46 Å². The normalized spacial score (nSPS) is 11.1. The average Bonchev–Trinajstić information content (AvgIpc) is 3.19. The number of hydrogen-bond acceptors (Lipinski definition) is 3. The Morgan fingerprint density at radius 2 is 1.24 bits per heavy atom. The van der Waals surface area contributed by atoms with Gasteiger partial charge >= 0.3 is 7.12 Å². The highest BCUT2D eigenvalue weighted by atomic mass is 16.6. The van der Waals surface area contributed by atoms with Crippen LogP contribution in [0, 0.1) is 0 Å². The predicted molar refractivity (Wildman–Crippen MR) is 119 cm³/mol. The Kier molecular flexibility index (Phi) is 5.87. The number of hydrogen-bond donors (Lipinski definition) is 2. The number of nitrogens with two attached hydrogens (primary N) is 1. The van der Waals surface area contributed by atoms with Gasteiger partial charge in [0.15, 0.2) is 0 Å². The maximum Gasteiger partial charge on any atom is 0.508 e. The van der Waals surface area contributed by atoms with Crippen LogP contribution in [0.15, 0.2) is 103 Å². The van der Waals surface area contributed by atoms with E-state index in [1.54, 1.807) is 24.3 Å². The Hall–Kier alpha value is -3.18. The van der Waals surface area contributed by atoms with Crippen LogP contribution in [-0.2, 0) is 11.2 Å². The fraction of sp³-hybridized carbons (Fsp3) is 0.0400. The van der Waals surface area contributed by atoms with Crippen molar-refractivity contribution in [2.75, 3.05) is 0 Å². The molecule has 3 N–H and O–H groups in total. The van der Waals surface area contributed by atoms with Gasteiger partial charge in [-0.1, -0.05) is 103 Å². The Bertz CT molecular complexity index is 1080. The van der Waals surface area contributed by atoms with Crippen molar-refractivity contribution in [2.24, 2.45) is 5.90 Å². The van der Waals surface area contributed by atoms with E-state index < -0.39 is 7.12 Å². The lowest BCUT2D eigenvalue weighted by molar-refractivity contribution is 0.281. The third kappa shape index (κ3) is 4.15. The predicted octanol–water partition coefficient (Wildman–Crippen LogP) is 4.19. The summed E-state index contributed by atoms with van der Waals surface area (Å²) in [6.07, 6.45) is 1.05. The van der Waals surface area contributed by atoms with Crippen LogP contribution in [0.4, 0.5) is 0 Å². The summed E-state index contributed by atoms with van der Waals surface area (Å²) in [5.41, 5.74) is 9.05. The van der Waals surface area contributed by atoms with Gasteiger partial charge in [0.1, 0.15) is 0 Å². The van der Waals surface area contributed by atoms with E-state index in [4.69, 9.17) is 10.9 Å². The number of rotatable bonds is 3. The number of benzene rings is 4. The molecule has 0 aliphatic heterocycles. The first-order valence-corrected chi connectivity index (χ1v) is 9.62. The summed E-state index contributed by atoms with van der Waals surface area (Å²) in [6, 6.07) is 35.0. The molecule has 0 heterocycles. The average molecular weight is 379 g/mol. The van der Waals surface area contributed by atoms with Crippen molar-refractivity contribution in [3.05, 3.63) is 114 Å². The van der Waals surface area contributed by atoms with Crippen molar-refractivity contribution in [3.63, 3.8) is 0 Å². The van der Waals surface area contributed by atoms with Crippen LogP contribution in [0.3, 0.4) is 0 Å². The molecule has 4 aromatic rings. The monoisotopic (exact) mass is 379 g/mol. The molecule has 0 aromatic heterocycles. The summed E-state index contributed by atoms with van der Waals surface area (Å²) >= 11 is 0. The summed E-state index contributed by atoms with van der Waals surface area (Å²) in [7, 11) is -1.01. The van der Waals surface area contributed by atoms with Gasteiger partial charge in [0.25, 0.3) is 0 Å². The van der Waals surface area contributed by atoms with Gasteiger partial charge in [-0.05, 0) is 45.3 Å². The van der Waals surface area contributed by atoms with Gasteiger partial charge in [-0.2, -0.15) is 0 Å². The molecular weight excluding hydrogens is 357 g/mol. The largest absolute Gasteiger partial charge is 0.508 e. The maximum absolute atomic E-state index is 8.98. The molecule has 3 nitrogen and oxygen atoms in total. The fourth-order valence-corrected chi connectivity index (χ4v) is 3.74. The van der Waals surface area contributed by atoms with E-state index in [1.807, 2.05) is 6.07 Å². The lowest BCUT2D eigenvalue weighted by Crippen LogP contribution is -2.35. The first-order chi connectivity index (χ1) is 14.3. The summed E-state index contributed by atoms with van der Waals surface area (Å²) in [5.74, 6) is 4.75. The van der Waals surface area contributed by atoms with Crippen molar-refractivity contribution in [3.8, 4) is 22.3 Å². The molecule has 142 valence electrons. The summed E-state index contributed by atoms with van der Waals surface area (Å²) < 4.78 is 4.19. The van der Waals surface area contributed by atoms with Gasteiger partial charge in [-0.3, -0.25) is 0 Å². The third-order valence-electron chi connectivity index (χ3n) is 5.15. The van der Waals surface area contributed by atoms with Crippen LogP contribution in [-0.4, -0.2) is 12.1 Å². The lowest BCUT2D eigenvalue weighted by Gasteiger charge is -2.08. The van der Waals surface area contributed by atoms with Crippen molar-refractivity contribution < 1.29 is 9.78 Å². The van der Waals surface area contributed by atoms with E-state index in [0.717, 1.165) is 6.42 Å². The standard InChI is InChI=1S/C19H14.C6H8BNO2/c1-2-7-14(8-3-1)16-11-6-12-18-17-10-5-4-9-15(17)13-19(16)18;8-10-7(9)6-4-2-1-3-5-6/h1-12H,13H2;1-5,9H,8H2. The topological polar surface area (TPSA) is 55.5 Å². The molecule has 4 heteroatoms. The second kappa shape index (κ2) is 8.88. The zero-order chi connectivity index (χ0) is 20.1. The highest BCUT2D eigenvalue weighted by Gasteiger charge is 2.20. The fourth-order valence-electron chi connectivity index (χ4n) is 3.74. The van der Waals surface area contributed by atoms with Gasteiger partial charge in [0.2, 0.25) is 0 Å². The smallest absolute Gasteiger partial charge is 0.422 e. The van der Waals surface area contributed by atoms with Crippen molar-refractivity contribution >= 4 is 12.6 Å². The van der Waals surface area contributed by atoms with Crippen LogP contribution in [0.5, 0.6) is 0 Å². The minimum Gasteiger partial charge on any atom is -0.422 e. The van der Waals surface area contributed by atoms with Gasteiger partial charge in [-0.25, -0.2) is 5.90 Å². The molecule has 1 aliphatic carbocycles. The molecule has 0 radical (unpaired) electrons. The lowest BCUT2D eigenvalue weighted by atomic mass is 9.80. The molecule has 0 saturated carbocycles. The Morgan fingerprint density at radius 1 is 0.655 bits per heavy atom. The molecular formula is C25H22BNO2. The molecule has 0 fully saturated rings. The molecule has 0 atom stereocenters.